The predicted molar refractivity (Wildman–Crippen MR) is 84.6 cm³/mol. The molecule has 0 spiro atoms. The number of nitrogens with zero attached hydrogens (tertiary/aromatic N) is 1. The van der Waals surface area contributed by atoms with Gasteiger partial charge in [-0.05, 0) is 42.8 Å². The summed E-state index contributed by atoms with van der Waals surface area (Å²) in [6.07, 6.45) is 0. The van der Waals surface area contributed by atoms with E-state index in [0.29, 0.717) is 21.8 Å². The van der Waals surface area contributed by atoms with E-state index in [1.165, 1.54) is 0 Å². The summed E-state index contributed by atoms with van der Waals surface area (Å²) in [5.41, 5.74) is 8.94. The van der Waals surface area contributed by atoms with Crippen molar-refractivity contribution in [3.8, 4) is 0 Å². The number of carbonyl (C=O) groups is 1. The molecule has 0 saturated heterocycles. The van der Waals surface area contributed by atoms with Crippen molar-refractivity contribution in [2.75, 3.05) is 11.1 Å². The van der Waals surface area contributed by atoms with E-state index in [4.69, 9.17) is 17.3 Å². The highest BCUT2D eigenvalue weighted by molar-refractivity contribution is 6.34. The SMILES string of the molecule is Cc1ccc(NC(=O)c2n[nH]c3ccc(N)cc23)c(Cl)c1. The number of anilines is 2. The van der Waals surface area contributed by atoms with Crippen molar-refractivity contribution in [3.63, 3.8) is 0 Å². The minimum atomic E-state index is -0.336. The fourth-order valence-electron chi connectivity index (χ4n) is 2.11. The average molecular weight is 301 g/mol. The van der Waals surface area contributed by atoms with Gasteiger partial charge in [-0.2, -0.15) is 5.10 Å². The van der Waals surface area contributed by atoms with Crippen LogP contribution in [0.4, 0.5) is 11.4 Å². The number of aromatic amines is 1. The van der Waals surface area contributed by atoms with Crippen LogP contribution in [0.5, 0.6) is 0 Å². The summed E-state index contributed by atoms with van der Waals surface area (Å²) in [6, 6.07) is 10.7. The second kappa shape index (κ2) is 5.10. The van der Waals surface area contributed by atoms with Crippen LogP contribution < -0.4 is 11.1 Å². The lowest BCUT2D eigenvalue weighted by atomic mass is 10.1. The van der Waals surface area contributed by atoms with Gasteiger partial charge in [0.1, 0.15) is 0 Å². The van der Waals surface area contributed by atoms with Gasteiger partial charge in [-0.3, -0.25) is 9.89 Å². The lowest BCUT2D eigenvalue weighted by Crippen LogP contribution is -2.13. The Balaban J connectivity index is 1.95. The average Bonchev–Trinajstić information content (AvgIpc) is 2.85. The molecule has 0 fully saturated rings. The molecule has 0 bridgehead atoms. The molecule has 0 radical (unpaired) electrons. The molecule has 3 rings (SSSR count). The van der Waals surface area contributed by atoms with Gasteiger partial charge in [0.05, 0.1) is 16.2 Å². The number of nitrogens with one attached hydrogen (secondary N) is 2. The van der Waals surface area contributed by atoms with E-state index in [-0.39, 0.29) is 11.6 Å². The Bertz CT molecular complexity index is 841. The molecular formula is C15H13ClN4O. The first-order chi connectivity index (χ1) is 10.0. The van der Waals surface area contributed by atoms with Gasteiger partial charge in [0.2, 0.25) is 0 Å². The molecule has 0 aliphatic rings. The Morgan fingerprint density at radius 3 is 2.86 bits per heavy atom. The van der Waals surface area contributed by atoms with Crippen molar-refractivity contribution in [2.45, 2.75) is 6.92 Å². The smallest absolute Gasteiger partial charge is 0.276 e. The summed E-state index contributed by atoms with van der Waals surface area (Å²) in [5.74, 6) is -0.336. The molecule has 4 N–H and O–H groups in total. The van der Waals surface area contributed by atoms with Crippen LogP contribution in [-0.2, 0) is 0 Å². The normalized spacial score (nSPS) is 10.8. The summed E-state index contributed by atoms with van der Waals surface area (Å²) in [6.45, 7) is 1.93. The highest BCUT2D eigenvalue weighted by Crippen LogP contribution is 2.25. The van der Waals surface area contributed by atoms with E-state index in [2.05, 4.69) is 15.5 Å². The van der Waals surface area contributed by atoms with Crippen LogP contribution in [0.2, 0.25) is 5.02 Å². The van der Waals surface area contributed by atoms with Gasteiger partial charge in [-0.1, -0.05) is 17.7 Å². The third kappa shape index (κ3) is 2.55. The molecule has 0 unspecified atom stereocenters. The van der Waals surface area contributed by atoms with E-state index >= 15 is 0 Å². The molecule has 1 aromatic heterocycles. The molecule has 3 aromatic rings. The van der Waals surface area contributed by atoms with Gasteiger partial charge in [0.25, 0.3) is 5.91 Å². The number of amides is 1. The lowest BCUT2D eigenvalue weighted by Gasteiger charge is -2.06. The van der Waals surface area contributed by atoms with E-state index in [1.54, 1.807) is 30.3 Å². The Hall–Kier alpha value is -2.53. The molecule has 0 atom stereocenters. The van der Waals surface area contributed by atoms with Crippen LogP contribution in [0.3, 0.4) is 0 Å². The number of benzene rings is 2. The monoisotopic (exact) mass is 300 g/mol. The molecule has 106 valence electrons. The first-order valence-electron chi connectivity index (χ1n) is 6.36. The largest absolute Gasteiger partial charge is 0.399 e. The van der Waals surface area contributed by atoms with Crippen LogP contribution in [0.1, 0.15) is 16.1 Å². The molecule has 0 aliphatic carbocycles. The molecule has 0 saturated carbocycles. The maximum atomic E-state index is 12.3. The first-order valence-corrected chi connectivity index (χ1v) is 6.73. The van der Waals surface area contributed by atoms with Crippen LogP contribution in [-0.4, -0.2) is 16.1 Å². The van der Waals surface area contributed by atoms with Gasteiger partial charge in [-0.25, -0.2) is 0 Å². The molecule has 2 aromatic carbocycles. The number of aromatic nitrogens is 2. The number of hydrogen-bond acceptors (Lipinski definition) is 3. The minimum absolute atomic E-state index is 0.286. The van der Waals surface area contributed by atoms with Crippen molar-refractivity contribution in [2.24, 2.45) is 0 Å². The minimum Gasteiger partial charge on any atom is -0.399 e. The summed E-state index contributed by atoms with van der Waals surface area (Å²) in [7, 11) is 0. The van der Waals surface area contributed by atoms with Crippen LogP contribution in [0, 0.1) is 6.92 Å². The Kier molecular flexibility index (Phi) is 3.27. The van der Waals surface area contributed by atoms with Crippen molar-refractivity contribution in [1.82, 2.24) is 10.2 Å². The van der Waals surface area contributed by atoms with Gasteiger partial charge in [0, 0.05) is 11.1 Å². The zero-order valence-corrected chi connectivity index (χ0v) is 12.0. The Morgan fingerprint density at radius 1 is 1.29 bits per heavy atom. The van der Waals surface area contributed by atoms with Crippen LogP contribution in [0.25, 0.3) is 10.9 Å². The van der Waals surface area contributed by atoms with Crippen molar-refractivity contribution < 1.29 is 4.79 Å². The third-order valence-corrected chi connectivity index (χ3v) is 3.49. The zero-order chi connectivity index (χ0) is 15.0. The van der Waals surface area contributed by atoms with Crippen molar-refractivity contribution >= 4 is 39.8 Å². The number of carbonyl (C=O) groups excluding carboxylic acids is 1. The summed E-state index contributed by atoms with van der Waals surface area (Å²) in [5, 5.41) is 10.8. The predicted octanol–water partition coefficient (Wildman–Crippen LogP) is 3.36. The molecule has 1 amide bonds. The molecular weight excluding hydrogens is 288 g/mol. The maximum absolute atomic E-state index is 12.3. The van der Waals surface area contributed by atoms with Gasteiger partial charge >= 0.3 is 0 Å². The number of rotatable bonds is 2. The number of halogens is 1. The van der Waals surface area contributed by atoms with Crippen molar-refractivity contribution in [3.05, 3.63) is 52.7 Å². The number of H-pyrrole nitrogens is 1. The number of hydrogen-bond donors (Lipinski definition) is 3. The topological polar surface area (TPSA) is 83.8 Å². The molecule has 6 heteroatoms. The maximum Gasteiger partial charge on any atom is 0.276 e. The van der Waals surface area contributed by atoms with Gasteiger partial charge in [0.15, 0.2) is 5.69 Å². The summed E-state index contributed by atoms with van der Waals surface area (Å²) in [4.78, 5) is 12.3. The third-order valence-electron chi connectivity index (χ3n) is 3.17. The summed E-state index contributed by atoms with van der Waals surface area (Å²) >= 11 is 6.12. The number of fused-ring (bicyclic) bond motifs is 1. The van der Waals surface area contributed by atoms with Crippen LogP contribution in [0.15, 0.2) is 36.4 Å². The van der Waals surface area contributed by atoms with E-state index in [0.717, 1.165) is 11.1 Å². The second-order valence-corrected chi connectivity index (χ2v) is 5.22. The van der Waals surface area contributed by atoms with Crippen molar-refractivity contribution in [1.29, 1.82) is 0 Å². The van der Waals surface area contributed by atoms with E-state index < -0.39 is 0 Å². The molecule has 5 nitrogen and oxygen atoms in total. The standard InChI is InChI=1S/C15H13ClN4O/c1-8-2-4-13(11(16)6-8)18-15(21)14-10-7-9(17)3-5-12(10)19-20-14/h2-7H,17H2,1H3,(H,18,21)(H,19,20). The number of nitrogen functional groups attached to an aromatic ring is 1. The molecule has 0 aliphatic heterocycles. The second-order valence-electron chi connectivity index (χ2n) is 4.81. The highest BCUT2D eigenvalue weighted by Gasteiger charge is 2.15. The Morgan fingerprint density at radius 2 is 2.10 bits per heavy atom. The van der Waals surface area contributed by atoms with E-state index in [9.17, 15) is 4.79 Å². The fourth-order valence-corrected chi connectivity index (χ4v) is 2.39. The first kappa shape index (κ1) is 13.5. The lowest BCUT2D eigenvalue weighted by molar-refractivity contribution is 0.102. The molecule has 21 heavy (non-hydrogen) atoms. The number of aryl methyl sites for hydroxylation is 1. The summed E-state index contributed by atoms with van der Waals surface area (Å²) < 4.78 is 0. The fraction of sp³-hybridized carbons (Fsp3) is 0.0667. The van der Waals surface area contributed by atoms with E-state index in [1.807, 2.05) is 13.0 Å². The molecule has 1 heterocycles. The number of nitrogens with two attached hydrogens (primary N) is 1. The van der Waals surface area contributed by atoms with Gasteiger partial charge in [-0.15, -0.1) is 0 Å². The van der Waals surface area contributed by atoms with Gasteiger partial charge < -0.3 is 11.1 Å². The quantitative estimate of drug-likeness (QED) is 0.634. The zero-order valence-electron chi connectivity index (χ0n) is 11.3. The highest BCUT2D eigenvalue weighted by atomic mass is 35.5. The Labute approximate surface area is 126 Å². The van der Waals surface area contributed by atoms with Crippen LogP contribution >= 0.6 is 11.6 Å².